The van der Waals surface area contributed by atoms with Crippen molar-refractivity contribution in [3.8, 4) is 11.1 Å². The lowest BCUT2D eigenvalue weighted by atomic mass is 9.96. The summed E-state index contributed by atoms with van der Waals surface area (Å²) >= 11 is 0. The van der Waals surface area contributed by atoms with Crippen LogP contribution in [0.25, 0.3) is 33.1 Å². The Balaban J connectivity index is 1.46. The van der Waals surface area contributed by atoms with E-state index >= 15 is 0 Å². The lowest BCUT2D eigenvalue weighted by Crippen LogP contribution is -2.37. The number of amides is 1. The van der Waals surface area contributed by atoms with Crippen LogP contribution in [0.4, 0.5) is 9.18 Å². The molecule has 3 N–H and O–H groups in total. The second-order valence-corrected chi connectivity index (χ2v) is 7.29. The molecule has 1 aliphatic heterocycles. The van der Waals surface area contributed by atoms with E-state index < -0.39 is 6.09 Å². The number of halogens is 1. The third-order valence-electron chi connectivity index (χ3n) is 5.61. The molecule has 2 aromatic heterocycles. The number of aromatic amines is 2. The number of imidazole rings is 1. The van der Waals surface area contributed by atoms with Gasteiger partial charge in [0.15, 0.2) is 0 Å². The summed E-state index contributed by atoms with van der Waals surface area (Å²) in [6.07, 6.45) is 2.58. The van der Waals surface area contributed by atoms with Crippen molar-refractivity contribution in [2.45, 2.75) is 18.8 Å². The Bertz CT molecular complexity index is 1190. The monoisotopic (exact) mass is 378 g/mol. The number of nitrogens with zero attached hydrogens (tertiary/aromatic N) is 2. The molecule has 0 aliphatic carbocycles. The van der Waals surface area contributed by atoms with Crippen LogP contribution >= 0.6 is 0 Å². The second-order valence-electron chi connectivity index (χ2n) is 7.29. The van der Waals surface area contributed by atoms with Gasteiger partial charge in [-0.3, -0.25) is 0 Å². The van der Waals surface area contributed by atoms with Gasteiger partial charge < -0.3 is 20.0 Å². The highest BCUT2D eigenvalue weighted by atomic mass is 19.1. The van der Waals surface area contributed by atoms with Crippen LogP contribution in [0.5, 0.6) is 0 Å². The van der Waals surface area contributed by atoms with E-state index in [9.17, 15) is 9.18 Å². The zero-order valence-electron chi connectivity index (χ0n) is 15.1. The van der Waals surface area contributed by atoms with Gasteiger partial charge in [0, 0.05) is 41.7 Å². The Morgan fingerprint density at radius 2 is 1.96 bits per heavy atom. The van der Waals surface area contributed by atoms with E-state index in [-0.39, 0.29) is 11.7 Å². The number of hydrogen-bond acceptors (Lipinski definition) is 2. The maximum absolute atomic E-state index is 13.4. The number of aromatic nitrogens is 3. The van der Waals surface area contributed by atoms with Gasteiger partial charge in [0.25, 0.3) is 0 Å². The van der Waals surface area contributed by atoms with Crippen LogP contribution in [0.3, 0.4) is 0 Å². The molecule has 6 nitrogen and oxygen atoms in total. The molecule has 0 bridgehead atoms. The zero-order valence-corrected chi connectivity index (χ0v) is 15.1. The van der Waals surface area contributed by atoms with Crippen molar-refractivity contribution in [2.24, 2.45) is 0 Å². The topological polar surface area (TPSA) is 85.0 Å². The Morgan fingerprint density at radius 3 is 2.75 bits per heavy atom. The lowest BCUT2D eigenvalue weighted by Gasteiger charge is -2.28. The Labute approximate surface area is 160 Å². The van der Waals surface area contributed by atoms with Crippen LogP contribution < -0.4 is 0 Å². The van der Waals surface area contributed by atoms with Gasteiger partial charge in [0.2, 0.25) is 0 Å². The average Bonchev–Trinajstić information content (AvgIpc) is 3.31. The molecule has 142 valence electrons. The normalized spacial score (nSPS) is 15.5. The first-order chi connectivity index (χ1) is 13.6. The fraction of sp³-hybridized carbons (Fsp3) is 0.238. The minimum absolute atomic E-state index is 0.238. The third kappa shape index (κ3) is 2.79. The number of hydrogen-bond donors (Lipinski definition) is 3. The largest absolute Gasteiger partial charge is 0.465 e. The first kappa shape index (κ1) is 16.8. The van der Waals surface area contributed by atoms with Crippen LogP contribution in [0.2, 0.25) is 0 Å². The van der Waals surface area contributed by atoms with Gasteiger partial charge in [-0.15, -0.1) is 0 Å². The van der Waals surface area contributed by atoms with Gasteiger partial charge in [-0.2, -0.15) is 0 Å². The summed E-state index contributed by atoms with van der Waals surface area (Å²) < 4.78 is 13.4. The fourth-order valence-corrected chi connectivity index (χ4v) is 4.07. The highest BCUT2D eigenvalue weighted by Gasteiger charge is 2.25. The van der Waals surface area contributed by atoms with E-state index in [0.717, 1.165) is 51.7 Å². The number of benzene rings is 2. The molecule has 1 fully saturated rings. The highest BCUT2D eigenvalue weighted by molar-refractivity contribution is 5.97. The number of likely N-dealkylation sites (tertiary alicyclic amines) is 1. The number of H-pyrrole nitrogens is 2. The molecule has 1 saturated heterocycles. The molecular weight excluding hydrogens is 359 g/mol. The second kappa shape index (κ2) is 6.37. The Morgan fingerprint density at radius 1 is 1.14 bits per heavy atom. The minimum atomic E-state index is -0.855. The Hall–Kier alpha value is -3.35. The summed E-state index contributed by atoms with van der Waals surface area (Å²) in [5.74, 6) is 0.893. The van der Waals surface area contributed by atoms with E-state index in [1.54, 1.807) is 6.07 Å². The SMILES string of the molecule is O=C(O)N1CCC(c2nc3ccc(-c4c[nH]c5cc(F)ccc45)cc3[nH]2)CC1. The van der Waals surface area contributed by atoms with E-state index in [1.165, 1.54) is 17.0 Å². The number of piperidine rings is 1. The highest BCUT2D eigenvalue weighted by Crippen LogP contribution is 2.32. The molecule has 0 spiro atoms. The molecule has 28 heavy (non-hydrogen) atoms. The van der Waals surface area contributed by atoms with Gasteiger partial charge in [-0.05, 0) is 48.7 Å². The van der Waals surface area contributed by atoms with Crippen molar-refractivity contribution in [1.82, 2.24) is 19.9 Å². The van der Waals surface area contributed by atoms with Gasteiger partial charge in [0.05, 0.1) is 11.0 Å². The molecule has 1 aliphatic rings. The molecule has 5 rings (SSSR count). The minimum Gasteiger partial charge on any atom is -0.465 e. The summed E-state index contributed by atoms with van der Waals surface area (Å²) in [7, 11) is 0. The molecule has 0 unspecified atom stereocenters. The van der Waals surface area contributed by atoms with Crippen LogP contribution in [0.1, 0.15) is 24.6 Å². The van der Waals surface area contributed by atoms with E-state index in [4.69, 9.17) is 10.1 Å². The number of carbonyl (C=O) groups is 1. The van der Waals surface area contributed by atoms with Crippen molar-refractivity contribution < 1.29 is 14.3 Å². The summed E-state index contributed by atoms with van der Waals surface area (Å²) in [5, 5.41) is 10.1. The van der Waals surface area contributed by atoms with Gasteiger partial charge in [0.1, 0.15) is 11.6 Å². The van der Waals surface area contributed by atoms with Crippen LogP contribution in [0.15, 0.2) is 42.6 Å². The first-order valence-corrected chi connectivity index (χ1v) is 9.33. The number of rotatable bonds is 2. The van der Waals surface area contributed by atoms with Gasteiger partial charge in [-0.25, -0.2) is 14.2 Å². The number of fused-ring (bicyclic) bond motifs is 2. The zero-order chi connectivity index (χ0) is 19.3. The van der Waals surface area contributed by atoms with Crippen molar-refractivity contribution >= 4 is 28.0 Å². The van der Waals surface area contributed by atoms with Crippen molar-refractivity contribution in [3.05, 3.63) is 54.2 Å². The molecule has 3 heterocycles. The quantitative estimate of drug-likeness (QED) is 0.472. The number of carboxylic acid groups (broad SMARTS) is 1. The van der Waals surface area contributed by atoms with Crippen LogP contribution in [-0.2, 0) is 0 Å². The Kier molecular flexibility index (Phi) is 3.82. The van der Waals surface area contributed by atoms with E-state index in [0.29, 0.717) is 13.1 Å². The molecule has 4 aromatic rings. The van der Waals surface area contributed by atoms with E-state index in [1.807, 2.05) is 18.3 Å². The van der Waals surface area contributed by atoms with Crippen molar-refractivity contribution in [1.29, 1.82) is 0 Å². The van der Waals surface area contributed by atoms with Crippen LogP contribution in [-0.4, -0.2) is 44.1 Å². The maximum atomic E-state index is 13.4. The van der Waals surface area contributed by atoms with Gasteiger partial charge in [-0.1, -0.05) is 6.07 Å². The summed E-state index contributed by atoms with van der Waals surface area (Å²) in [6.45, 7) is 1.07. The van der Waals surface area contributed by atoms with E-state index in [2.05, 4.69) is 16.0 Å². The summed E-state index contributed by atoms with van der Waals surface area (Å²) in [6, 6.07) is 10.8. The number of nitrogens with one attached hydrogen (secondary N) is 2. The molecule has 2 aromatic carbocycles. The average molecular weight is 378 g/mol. The summed E-state index contributed by atoms with van der Waals surface area (Å²) in [4.78, 5) is 23.8. The first-order valence-electron chi connectivity index (χ1n) is 9.33. The van der Waals surface area contributed by atoms with Crippen LogP contribution in [0, 0.1) is 5.82 Å². The predicted molar refractivity (Wildman–Crippen MR) is 105 cm³/mol. The molecule has 0 saturated carbocycles. The summed E-state index contributed by atoms with van der Waals surface area (Å²) in [5.41, 5.74) is 4.66. The van der Waals surface area contributed by atoms with Gasteiger partial charge >= 0.3 is 6.09 Å². The van der Waals surface area contributed by atoms with Crippen molar-refractivity contribution in [3.63, 3.8) is 0 Å². The fourth-order valence-electron chi connectivity index (χ4n) is 4.07. The molecule has 0 atom stereocenters. The predicted octanol–water partition coefficient (Wildman–Crippen LogP) is 4.71. The third-order valence-corrected chi connectivity index (χ3v) is 5.61. The molecule has 7 heteroatoms. The lowest BCUT2D eigenvalue weighted by molar-refractivity contribution is 0.131. The molecular formula is C21H19FN4O2. The molecule has 0 radical (unpaired) electrons. The standard InChI is InChI=1S/C21H19FN4O2/c22-14-2-3-15-16(11-23-18(15)10-14)13-1-4-17-19(9-13)25-20(24-17)12-5-7-26(8-6-12)21(27)28/h1-4,9-12,23H,5-8H2,(H,24,25)(H,27,28). The van der Waals surface area contributed by atoms with Crippen molar-refractivity contribution in [2.75, 3.05) is 13.1 Å². The maximum Gasteiger partial charge on any atom is 0.407 e. The smallest absolute Gasteiger partial charge is 0.407 e. The molecule has 1 amide bonds.